The molecule has 0 saturated heterocycles. The quantitative estimate of drug-likeness (QED) is 0.906. The summed E-state index contributed by atoms with van der Waals surface area (Å²) in [5.41, 5.74) is 1.21. The number of nitrogens with zero attached hydrogens (tertiary/aromatic N) is 1. The number of rotatable bonds is 5. The third kappa shape index (κ3) is 4.70. The smallest absolute Gasteiger partial charge is 0.238 e. The summed E-state index contributed by atoms with van der Waals surface area (Å²) >= 11 is 0. The van der Waals surface area contributed by atoms with Crippen LogP contribution in [-0.4, -0.2) is 37.6 Å². The Balaban J connectivity index is 1.57. The molecule has 2 aromatic rings. The van der Waals surface area contributed by atoms with Crippen molar-refractivity contribution in [3.8, 4) is 11.5 Å². The maximum atomic E-state index is 13.7. The van der Waals surface area contributed by atoms with Crippen molar-refractivity contribution >= 4 is 11.6 Å². The van der Waals surface area contributed by atoms with E-state index in [1.165, 1.54) is 6.07 Å². The molecular formula is C19H21FN2O3. The first-order chi connectivity index (χ1) is 12.1. The lowest BCUT2D eigenvalue weighted by Crippen LogP contribution is -2.30. The first-order valence-corrected chi connectivity index (χ1v) is 8.23. The van der Waals surface area contributed by atoms with Crippen molar-refractivity contribution in [2.75, 3.05) is 32.1 Å². The van der Waals surface area contributed by atoms with Crippen molar-refractivity contribution in [1.29, 1.82) is 0 Å². The summed E-state index contributed by atoms with van der Waals surface area (Å²) in [5, 5.41) is 2.83. The minimum absolute atomic E-state index is 0.156. The highest BCUT2D eigenvalue weighted by Crippen LogP contribution is 2.32. The summed E-state index contributed by atoms with van der Waals surface area (Å²) in [6.07, 6.45) is 0.831. The third-order valence-corrected chi connectivity index (χ3v) is 3.84. The van der Waals surface area contributed by atoms with Gasteiger partial charge in [0.15, 0.2) is 11.5 Å². The molecule has 0 unspecified atom stereocenters. The fourth-order valence-corrected chi connectivity index (χ4v) is 2.66. The van der Waals surface area contributed by atoms with Gasteiger partial charge in [0.1, 0.15) is 5.82 Å². The molecule has 1 aliphatic rings. The van der Waals surface area contributed by atoms with Crippen LogP contribution in [0.25, 0.3) is 0 Å². The van der Waals surface area contributed by atoms with Gasteiger partial charge in [0.25, 0.3) is 0 Å². The molecule has 0 spiro atoms. The third-order valence-electron chi connectivity index (χ3n) is 3.84. The van der Waals surface area contributed by atoms with E-state index in [1.807, 2.05) is 0 Å². The predicted octanol–water partition coefficient (Wildman–Crippen LogP) is 3.06. The summed E-state index contributed by atoms with van der Waals surface area (Å²) in [4.78, 5) is 14.0. The molecule has 6 heteroatoms. The molecule has 1 heterocycles. The lowest BCUT2D eigenvalue weighted by atomic mass is 10.2. The Morgan fingerprint density at radius 2 is 1.92 bits per heavy atom. The molecular weight excluding hydrogens is 323 g/mol. The summed E-state index contributed by atoms with van der Waals surface area (Å²) < 4.78 is 24.9. The Kier molecular flexibility index (Phi) is 5.50. The van der Waals surface area contributed by atoms with Crippen molar-refractivity contribution < 1.29 is 18.7 Å². The Morgan fingerprint density at radius 3 is 2.72 bits per heavy atom. The number of halogens is 1. The monoisotopic (exact) mass is 344 g/mol. The topological polar surface area (TPSA) is 50.8 Å². The van der Waals surface area contributed by atoms with Gasteiger partial charge in [-0.3, -0.25) is 9.69 Å². The SMILES string of the molecule is CN(CC(=O)Nc1ccc2c(c1)OCCCO2)Cc1ccccc1F. The van der Waals surface area contributed by atoms with E-state index in [0.29, 0.717) is 42.5 Å². The van der Waals surface area contributed by atoms with Crippen LogP contribution in [-0.2, 0) is 11.3 Å². The standard InChI is InChI=1S/C19H21FN2O3/c1-22(12-14-5-2-3-6-16(14)20)13-19(23)21-15-7-8-17-18(11-15)25-10-4-9-24-17/h2-3,5-8,11H,4,9-10,12-13H2,1H3,(H,21,23). The van der Waals surface area contributed by atoms with E-state index in [9.17, 15) is 9.18 Å². The molecule has 1 aliphatic heterocycles. The number of amides is 1. The molecule has 0 fully saturated rings. The van der Waals surface area contributed by atoms with E-state index in [2.05, 4.69) is 5.32 Å². The van der Waals surface area contributed by atoms with Crippen LogP contribution in [0, 0.1) is 5.82 Å². The van der Waals surface area contributed by atoms with Crippen molar-refractivity contribution in [3.05, 3.63) is 53.8 Å². The van der Waals surface area contributed by atoms with Crippen LogP contribution >= 0.6 is 0 Å². The van der Waals surface area contributed by atoms with Gasteiger partial charge in [-0.05, 0) is 25.2 Å². The number of likely N-dealkylation sites (N-methyl/N-ethyl adjacent to an activating group) is 1. The second kappa shape index (κ2) is 7.98. The molecule has 25 heavy (non-hydrogen) atoms. The molecule has 0 bridgehead atoms. The molecule has 0 aromatic heterocycles. The first kappa shape index (κ1) is 17.2. The minimum atomic E-state index is -0.266. The van der Waals surface area contributed by atoms with E-state index in [4.69, 9.17) is 9.47 Å². The van der Waals surface area contributed by atoms with Gasteiger partial charge in [-0.25, -0.2) is 4.39 Å². The second-order valence-electron chi connectivity index (χ2n) is 6.02. The van der Waals surface area contributed by atoms with Gasteiger partial charge in [-0.2, -0.15) is 0 Å². The Bertz CT molecular complexity index is 751. The van der Waals surface area contributed by atoms with E-state index >= 15 is 0 Å². The summed E-state index contributed by atoms with van der Waals surface area (Å²) in [6.45, 7) is 1.74. The number of anilines is 1. The van der Waals surface area contributed by atoms with Crippen LogP contribution in [0.1, 0.15) is 12.0 Å². The number of carbonyl (C=O) groups is 1. The number of hydrogen-bond acceptors (Lipinski definition) is 4. The van der Waals surface area contributed by atoms with Gasteiger partial charge < -0.3 is 14.8 Å². The maximum Gasteiger partial charge on any atom is 0.238 e. The number of nitrogens with one attached hydrogen (secondary N) is 1. The van der Waals surface area contributed by atoms with Gasteiger partial charge in [-0.15, -0.1) is 0 Å². The van der Waals surface area contributed by atoms with Crippen molar-refractivity contribution in [2.45, 2.75) is 13.0 Å². The van der Waals surface area contributed by atoms with Crippen LogP contribution < -0.4 is 14.8 Å². The fraction of sp³-hybridized carbons (Fsp3) is 0.316. The van der Waals surface area contributed by atoms with Gasteiger partial charge in [0.2, 0.25) is 5.91 Å². The molecule has 2 aromatic carbocycles. The van der Waals surface area contributed by atoms with E-state index in [0.717, 1.165) is 6.42 Å². The highest BCUT2D eigenvalue weighted by molar-refractivity contribution is 5.92. The molecule has 0 atom stereocenters. The largest absolute Gasteiger partial charge is 0.490 e. The number of fused-ring (bicyclic) bond motifs is 1. The summed E-state index contributed by atoms with van der Waals surface area (Å²) in [7, 11) is 1.78. The number of carbonyl (C=O) groups excluding carboxylic acids is 1. The Morgan fingerprint density at radius 1 is 1.16 bits per heavy atom. The van der Waals surface area contributed by atoms with Crippen LogP contribution in [0.15, 0.2) is 42.5 Å². The van der Waals surface area contributed by atoms with Gasteiger partial charge in [0.05, 0.1) is 19.8 Å². The zero-order valence-electron chi connectivity index (χ0n) is 14.1. The number of hydrogen-bond donors (Lipinski definition) is 1. The van der Waals surface area contributed by atoms with Crippen molar-refractivity contribution in [1.82, 2.24) is 4.90 Å². The molecule has 1 amide bonds. The number of ether oxygens (including phenoxy) is 2. The Labute approximate surface area is 146 Å². The average Bonchev–Trinajstić information content (AvgIpc) is 2.81. The molecule has 0 saturated carbocycles. The maximum absolute atomic E-state index is 13.7. The Hall–Kier alpha value is -2.60. The van der Waals surface area contributed by atoms with E-state index in [-0.39, 0.29) is 18.3 Å². The van der Waals surface area contributed by atoms with E-state index in [1.54, 1.807) is 48.3 Å². The molecule has 5 nitrogen and oxygen atoms in total. The molecule has 1 N–H and O–H groups in total. The zero-order valence-corrected chi connectivity index (χ0v) is 14.1. The first-order valence-electron chi connectivity index (χ1n) is 8.23. The summed E-state index contributed by atoms with van der Waals surface area (Å²) in [6, 6.07) is 11.9. The highest BCUT2D eigenvalue weighted by Gasteiger charge is 2.13. The van der Waals surface area contributed by atoms with Gasteiger partial charge in [0, 0.05) is 30.3 Å². The lowest BCUT2D eigenvalue weighted by molar-refractivity contribution is -0.117. The van der Waals surface area contributed by atoms with Crippen molar-refractivity contribution in [3.63, 3.8) is 0 Å². The highest BCUT2D eigenvalue weighted by atomic mass is 19.1. The van der Waals surface area contributed by atoms with E-state index < -0.39 is 0 Å². The van der Waals surface area contributed by atoms with Gasteiger partial charge in [-0.1, -0.05) is 18.2 Å². The molecule has 132 valence electrons. The molecule has 0 aliphatic carbocycles. The second-order valence-corrected chi connectivity index (χ2v) is 6.02. The summed E-state index contributed by atoms with van der Waals surface area (Å²) in [5.74, 6) is 0.883. The number of benzene rings is 2. The zero-order chi connectivity index (χ0) is 17.6. The lowest BCUT2D eigenvalue weighted by Gasteiger charge is -2.17. The predicted molar refractivity (Wildman–Crippen MR) is 93.4 cm³/mol. The van der Waals surface area contributed by atoms with Crippen molar-refractivity contribution in [2.24, 2.45) is 0 Å². The fourth-order valence-electron chi connectivity index (χ4n) is 2.66. The van der Waals surface area contributed by atoms with Crippen LogP contribution in [0.5, 0.6) is 11.5 Å². The van der Waals surface area contributed by atoms with Crippen LogP contribution in [0.2, 0.25) is 0 Å². The average molecular weight is 344 g/mol. The molecule has 3 rings (SSSR count). The van der Waals surface area contributed by atoms with Crippen LogP contribution in [0.3, 0.4) is 0 Å². The van der Waals surface area contributed by atoms with Crippen LogP contribution in [0.4, 0.5) is 10.1 Å². The minimum Gasteiger partial charge on any atom is -0.490 e. The van der Waals surface area contributed by atoms with Gasteiger partial charge >= 0.3 is 0 Å². The normalized spacial score (nSPS) is 13.4. The molecule has 0 radical (unpaired) electrons.